The van der Waals surface area contributed by atoms with Gasteiger partial charge in [0.2, 0.25) is 0 Å². The van der Waals surface area contributed by atoms with Crippen LogP contribution in [0.1, 0.15) is 30.9 Å². The summed E-state index contributed by atoms with van der Waals surface area (Å²) in [5, 5.41) is 19.1. The molecule has 0 saturated heterocycles. The summed E-state index contributed by atoms with van der Waals surface area (Å²) in [5.74, 6) is 0.467. The molecule has 1 aromatic rings. The topological polar surface area (TPSA) is 40.5 Å². The summed E-state index contributed by atoms with van der Waals surface area (Å²) < 4.78 is 0. The minimum Gasteiger partial charge on any atom is -0.396 e. The third kappa shape index (κ3) is 1.18. The van der Waals surface area contributed by atoms with E-state index in [1.807, 2.05) is 0 Å². The molecule has 0 aliphatic heterocycles. The molecule has 0 spiro atoms. The molecule has 0 heterocycles. The second-order valence-corrected chi connectivity index (χ2v) is 5.89. The Bertz CT molecular complexity index is 442. The lowest BCUT2D eigenvalue weighted by molar-refractivity contribution is -0.106. The van der Waals surface area contributed by atoms with Gasteiger partial charge in [-0.05, 0) is 36.3 Å². The monoisotopic (exact) mass is 232 g/mol. The van der Waals surface area contributed by atoms with Gasteiger partial charge in [-0.15, -0.1) is 0 Å². The number of aliphatic hydroxyl groups excluding tert-OH is 2. The Balaban J connectivity index is 2.03. The van der Waals surface area contributed by atoms with E-state index < -0.39 is 0 Å². The van der Waals surface area contributed by atoms with Crippen LogP contribution in [0.2, 0.25) is 0 Å². The average molecular weight is 232 g/mol. The molecular formula is C15H20O2. The first-order valence-corrected chi connectivity index (χ1v) is 6.48. The minimum atomic E-state index is -0.0145. The summed E-state index contributed by atoms with van der Waals surface area (Å²) in [5.41, 5.74) is 2.92. The molecular weight excluding hydrogens is 212 g/mol. The first kappa shape index (κ1) is 11.2. The molecule has 1 saturated carbocycles. The van der Waals surface area contributed by atoms with Gasteiger partial charge in [0, 0.05) is 17.4 Å². The van der Waals surface area contributed by atoms with Crippen molar-refractivity contribution in [2.75, 3.05) is 13.2 Å². The van der Waals surface area contributed by atoms with Crippen LogP contribution in [0.15, 0.2) is 24.3 Å². The smallest absolute Gasteiger partial charge is 0.0501 e. The highest BCUT2D eigenvalue weighted by Crippen LogP contribution is 2.68. The van der Waals surface area contributed by atoms with Crippen LogP contribution in [0.5, 0.6) is 0 Å². The van der Waals surface area contributed by atoms with E-state index in [-0.39, 0.29) is 24.0 Å². The second-order valence-electron chi connectivity index (χ2n) is 5.89. The van der Waals surface area contributed by atoms with Crippen LogP contribution in [0.4, 0.5) is 0 Å². The lowest BCUT2D eigenvalue weighted by Crippen LogP contribution is -2.59. The summed E-state index contributed by atoms with van der Waals surface area (Å²) in [6, 6.07) is 8.57. The summed E-state index contributed by atoms with van der Waals surface area (Å²) in [7, 11) is 0. The maximum Gasteiger partial charge on any atom is 0.0501 e. The van der Waals surface area contributed by atoms with Gasteiger partial charge in [-0.2, -0.15) is 0 Å². The van der Waals surface area contributed by atoms with Gasteiger partial charge in [-0.1, -0.05) is 31.2 Å². The second kappa shape index (κ2) is 3.56. The highest BCUT2D eigenvalue weighted by Gasteiger charge is 2.65. The molecule has 17 heavy (non-hydrogen) atoms. The molecule has 2 heteroatoms. The van der Waals surface area contributed by atoms with Crippen LogP contribution < -0.4 is 0 Å². The predicted molar refractivity (Wildman–Crippen MR) is 66.8 cm³/mol. The van der Waals surface area contributed by atoms with Crippen molar-refractivity contribution in [1.29, 1.82) is 0 Å². The third-order valence-electron chi connectivity index (χ3n) is 5.41. The van der Waals surface area contributed by atoms with Gasteiger partial charge in [0.1, 0.15) is 0 Å². The Hall–Kier alpha value is -0.860. The minimum absolute atomic E-state index is 0.0145. The van der Waals surface area contributed by atoms with Gasteiger partial charge in [-0.3, -0.25) is 0 Å². The summed E-state index contributed by atoms with van der Waals surface area (Å²) >= 11 is 0. The van der Waals surface area contributed by atoms with E-state index in [0.29, 0.717) is 5.92 Å². The Morgan fingerprint density at radius 1 is 1.29 bits per heavy atom. The van der Waals surface area contributed by atoms with E-state index in [1.54, 1.807) is 0 Å². The van der Waals surface area contributed by atoms with Crippen LogP contribution in [-0.4, -0.2) is 23.4 Å². The van der Waals surface area contributed by atoms with E-state index in [4.69, 9.17) is 5.11 Å². The normalized spacial score (nSPS) is 38.4. The van der Waals surface area contributed by atoms with E-state index in [9.17, 15) is 5.11 Å². The maximum atomic E-state index is 9.90. The van der Waals surface area contributed by atoms with Crippen LogP contribution >= 0.6 is 0 Å². The Labute approximate surface area is 102 Å². The van der Waals surface area contributed by atoms with Gasteiger partial charge < -0.3 is 10.2 Å². The molecule has 1 fully saturated rings. The average Bonchev–Trinajstić information content (AvgIpc) is 2.54. The highest BCUT2D eigenvalue weighted by molar-refractivity contribution is 5.47. The molecule has 2 aliphatic rings. The SMILES string of the molecule is C[C@]12C[C@H](CCO)[C@@]1(CO)Cc1ccccc12. The van der Waals surface area contributed by atoms with Gasteiger partial charge in [0.05, 0.1) is 6.61 Å². The lowest BCUT2D eigenvalue weighted by Gasteiger charge is -2.60. The molecule has 92 valence electrons. The number of rotatable bonds is 3. The van der Waals surface area contributed by atoms with Crippen molar-refractivity contribution in [1.82, 2.24) is 0 Å². The molecule has 0 amide bonds. The predicted octanol–water partition coefficient (Wildman–Crippen LogP) is 1.88. The molecule has 1 aromatic carbocycles. The fraction of sp³-hybridized carbons (Fsp3) is 0.600. The Morgan fingerprint density at radius 3 is 2.76 bits per heavy atom. The summed E-state index contributed by atoms with van der Waals surface area (Å²) in [6.07, 6.45) is 2.90. The van der Waals surface area contributed by atoms with Crippen LogP contribution in [0.3, 0.4) is 0 Å². The van der Waals surface area contributed by atoms with Crippen LogP contribution in [-0.2, 0) is 11.8 Å². The zero-order chi connectivity index (χ0) is 12.1. The zero-order valence-electron chi connectivity index (χ0n) is 10.3. The van der Waals surface area contributed by atoms with Crippen LogP contribution in [0.25, 0.3) is 0 Å². The third-order valence-corrected chi connectivity index (χ3v) is 5.41. The molecule has 2 aliphatic carbocycles. The number of hydrogen-bond acceptors (Lipinski definition) is 2. The van der Waals surface area contributed by atoms with Crippen LogP contribution in [0, 0.1) is 11.3 Å². The van der Waals surface area contributed by atoms with Crippen molar-refractivity contribution >= 4 is 0 Å². The van der Waals surface area contributed by atoms with E-state index in [1.165, 1.54) is 11.1 Å². The number of hydrogen-bond donors (Lipinski definition) is 2. The van der Waals surface area contributed by atoms with Gasteiger partial charge >= 0.3 is 0 Å². The molecule has 2 nitrogen and oxygen atoms in total. The van der Waals surface area contributed by atoms with Gasteiger partial charge in [-0.25, -0.2) is 0 Å². The lowest BCUT2D eigenvalue weighted by atomic mass is 9.44. The number of aliphatic hydroxyl groups is 2. The van der Waals surface area contributed by atoms with Gasteiger partial charge in [0.15, 0.2) is 0 Å². The molecule has 3 atom stereocenters. The molecule has 3 rings (SSSR count). The first-order chi connectivity index (χ1) is 8.18. The molecule has 0 bridgehead atoms. The van der Waals surface area contributed by atoms with Crippen molar-refractivity contribution in [2.45, 2.75) is 31.6 Å². The van der Waals surface area contributed by atoms with Crippen molar-refractivity contribution < 1.29 is 10.2 Å². The highest BCUT2D eigenvalue weighted by atomic mass is 16.3. The van der Waals surface area contributed by atoms with Gasteiger partial charge in [0.25, 0.3) is 0 Å². The largest absolute Gasteiger partial charge is 0.396 e. The Kier molecular flexibility index (Phi) is 2.36. The van der Waals surface area contributed by atoms with E-state index in [2.05, 4.69) is 31.2 Å². The van der Waals surface area contributed by atoms with Crippen molar-refractivity contribution in [3.05, 3.63) is 35.4 Å². The fourth-order valence-electron chi connectivity index (χ4n) is 4.37. The fourth-order valence-corrected chi connectivity index (χ4v) is 4.37. The summed E-state index contributed by atoms with van der Waals surface area (Å²) in [4.78, 5) is 0. The van der Waals surface area contributed by atoms with E-state index in [0.717, 1.165) is 19.3 Å². The maximum absolute atomic E-state index is 9.90. The first-order valence-electron chi connectivity index (χ1n) is 6.48. The molecule has 0 radical (unpaired) electrons. The van der Waals surface area contributed by atoms with Crippen molar-refractivity contribution in [3.8, 4) is 0 Å². The summed E-state index contributed by atoms with van der Waals surface area (Å²) in [6.45, 7) is 2.75. The van der Waals surface area contributed by atoms with Crippen molar-refractivity contribution in [2.24, 2.45) is 11.3 Å². The molecule has 2 N–H and O–H groups in total. The number of fused-ring (bicyclic) bond motifs is 3. The standard InChI is InChI=1S/C15H20O2/c1-14-9-12(6-7-16)15(14,10-17)8-11-4-2-3-5-13(11)14/h2-5,12,16-17H,6-10H2,1H3/t12-,14+,15-/m0/s1. The van der Waals surface area contributed by atoms with E-state index >= 15 is 0 Å². The number of benzene rings is 1. The van der Waals surface area contributed by atoms with Crippen molar-refractivity contribution in [3.63, 3.8) is 0 Å². The molecule has 0 aromatic heterocycles. The zero-order valence-corrected chi connectivity index (χ0v) is 10.3. The molecule has 0 unspecified atom stereocenters. The Morgan fingerprint density at radius 2 is 2.06 bits per heavy atom. The quantitative estimate of drug-likeness (QED) is 0.835.